The molecule has 0 bridgehead atoms. The largest absolute Gasteiger partial charge is 0.330 e. The van der Waals surface area contributed by atoms with Gasteiger partial charge in [-0.3, -0.25) is 0 Å². The van der Waals surface area contributed by atoms with Crippen molar-refractivity contribution in [2.24, 2.45) is 11.1 Å². The Labute approximate surface area is 81.5 Å². The van der Waals surface area contributed by atoms with Crippen molar-refractivity contribution < 1.29 is 0 Å². The number of hydrogen-bond donors (Lipinski definition) is 1. The highest BCUT2D eigenvalue weighted by Crippen LogP contribution is 2.15. The van der Waals surface area contributed by atoms with E-state index in [0.29, 0.717) is 19.0 Å². The minimum Gasteiger partial charge on any atom is -0.330 e. The lowest BCUT2D eigenvalue weighted by atomic mass is 9.92. The molecule has 0 aliphatic carbocycles. The molecule has 2 N–H and O–H groups in total. The van der Waals surface area contributed by atoms with Gasteiger partial charge in [-0.1, -0.05) is 13.8 Å². The fourth-order valence-corrected chi connectivity index (χ4v) is 1.18. The van der Waals surface area contributed by atoms with Crippen molar-refractivity contribution in [2.45, 2.75) is 33.2 Å². The second-order valence-corrected chi connectivity index (χ2v) is 4.49. The minimum absolute atomic E-state index is 0.137. The highest BCUT2D eigenvalue weighted by atomic mass is 15.1. The topological polar surface area (TPSA) is 53.0 Å². The highest BCUT2D eigenvalue weighted by molar-refractivity contribution is 4.81. The average molecular weight is 183 g/mol. The zero-order chi connectivity index (χ0) is 10.5. The predicted octanol–water partition coefficient (Wildman–Crippen LogP) is 1.21. The van der Waals surface area contributed by atoms with Crippen LogP contribution in [0.4, 0.5) is 0 Å². The average Bonchev–Trinajstić information content (AvgIpc) is 2.04. The first-order valence-corrected chi connectivity index (χ1v) is 4.70. The van der Waals surface area contributed by atoms with Crippen LogP contribution < -0.4 is 5.73 Å². The Kier molecular flexibility index (Phi) is 4.97. The maximum Gasteiger partial charge on any atom is 0.0638 e. The molecular formula is C10H21N3. The van der Waals surface area contributed by atoms with Gasteiger partial charge in [-0.05, 0) is 25.9 Å². The number of nitriles is 1. The molecule has 0 aromatic heterocycles. The van der Waals surface area contributed by atoms with Gasteiger partial charge in [-0.2, -0.15) is 5.26 Å². The van der Waals surface area contributed by atoms with Gasteiger partial charge in [-0.15, -0.1) is 0 Å². The van der Waals surface area contributed by atoms with E-state index in [2.05, 4.69) is 31.7 Å². The molecule has 0 radical (unpaired) electrons. The SMILES string of the molecule is CC(CC#N)N(C)CC(C)(C)CN. The van der Waals surface area contributed by atoms with Crippen molar-refractivity contribution in [3.63, 3.8) is 0 Å². The summed E-state index contributed by atoms with van der Waals surface area (Å²) in [5, 5.41) is 8.54. The molecule has 0 aromatic carbocycles. The Balaban J connectivity index is 4.00. The second-order valence-electron chi connectivity index (χ2n) is 4.49. The monoisotopic (exact) mass is 183 g/mol. The lowest BCUT2D eigenvalue weighted by Gasteiger charge is -2.32. The Morgan fingerprint density at radius 2 is 2.08 bits per heavy atom. The smallest absolute Gasteiger partial charge is 0.0638 e. The van der Waals surface area contributed by atoms with Crippen LogP contribution in [0.25, 0.3) is 0 Å². The van der Waals surface area contributed by atoms with Crippen molar-refractivity contribution in [2.75, 3.05) is 20.1 Å². The van der Waals surface area contributed by atoms with Crippen LogP contribution in [0.3, 0.4) is 0 Å². The standard InChI is InChI=1S/C10H21N3/c1-9(5-6-11)13(4)8-10(2,3)7-12/h9H,5,7-8,12H2,1-4H3. The Hall–Kier alpha value is -0.590. The van der Waals surface area contributed by atoms with Crippen LogP contribution in [0.2, 0.25) is 0 Å². The van der Waals surface area contributed by atoms with Crippen molar-refractivity contribution in [1.29, 1.82) is 5.26 Å². The van der Waals surface area contributed by atoms with Gasteiger partial charge in [-0.25, -0.2) is 0 Å². The van der Waals surface area contributed by atoms with Crippen LogP contribution in [-0.4, -0.2) is 31.1 Å². The van der Waals surface area contributed by atoms with E-state index in [4.69, 9.17) is 11.0 Å². The number of rotatable bonds is 5. The summed E-state index contributed by atoms with van der Waals surface area (Å²) >= 11 is 0. The van der Waals surface area contributed by atoms with E-state index in [1.165, 1.54) is 0 Å². The normalized spacial score (nSPS) is 14.2. The fraction of sp³-hybridized carbons (Fsp3) is 0.900. The van der Waals surface area contributed by atoms with Gasteiger partial charge >= 0.3 is 0 Å². The molecule has 0 aliphatic rings. The molecule has 1 unspecified atom stereocenters. The van der Waals surface area contributed by atoms with Gasteiger partial charge in [0.2, 0.25) is 0 Å². The molecule has 0 aliphatic heterocycles. The van der Waals surface area contributed by atoms with Crippen molar-refractivity contribution in [3.05, 3.63) is 0 Å². The molecule has 1 atom stereocenters. The summed E-state index contributed by atoms with van der Waals surface area (Å²) in [5.41, 5.74) is 5.77. The van der Waals surface area contributed by atoms with E-state index in [1.54, 1.807) is 0 Å². The molecule has 0 heterocycles. The number of hydrogen-bond acceptors (Lipinski definition) is 3. The van der Waals surface area contributed by atoms with Gasteiger partial charge in [0.05, 0.1) is 12.5 Å². The van der Waals surface area contributed by atoms with Crippen molar-refractivity contribution in [1.82, 2.24) is 4.90 Å². The highest BCUT2D eigenvalue weighted by Gasteiger charge is 2.20. The summed E-state index contributed by atoms with van der Waals surface area (Å²) in [6.07, 6.45) is 0.581. The molecule has 0 rings (SSSR count). The summed E-state index contributed by atoms with van der Waals surface area (Å²) in [6.45, 7) is 7.96. The van der Waals surface area contributed by atoms with E-state index >= 15 is 0 Å². The van der Waals surface area contributed by atoms with E-state index < -0.39 is 0 Å². The Bertz CT molecular complexity index is 181. The zero-order valence-corrected chi connectivity index (χ0v) is 9.17. The van der Waals surface area contributed by atoms with Crippen LogP contribution in [0.1, 0.15) is 27.2 Å². The maximum absolute atomic E-state index is 8.54. The van der Waals surface area contributed by atoms with Crippen LogP contribution in [0, 0.1) is 16.7 Å². The lowest BCUT2D eigenvalue weighted by Crippen LogP contribution is -2.40. The minimum atomic E-state index is 0.137. The molecule has 0 fully saturated rings. The molecule has 3 nitrogen and oxygen atoms in total. The van der Waals surface area contributed by atoms with Crippen molar-refractivity contribution >= 4 is 0 Å². The van der Waals surface area contributed by atoms with E-state index in [1.807, 2.05) is 7.05 Å². The molecule has 76 valence electrons. The summed E-state index contributed by atoms with van der Waals surface area (Å²) in [5.74, 6) is 0. The Morgan fingerprint density at radius 1 is 1.54 bits per heavy atom. The third kappa shape index (κ3) is 4.87. The van der Waals surface area contributed by atoms with Crippen LogP contribution in [0.5, 0.6) is 0 Å². The zero-order valence-electron chi connectivity index (χ0n) is 9.17. The maximum atomic E-state index is 8.54. The number of nitrogens with two attached hydrogens (primary N) is 1. The fourth-order valence-electron chi connectivity index (χ4n) is 1.18. The summed E-state index contributed by atoms with van der Waals surface area (Å²) in [7, 11) is 2.04. The van der Waals surface area contributed by atoms with E-state index in [-0.39, 0.29) is 5.41 Å². The van der Waals surface area contributed by atoms with E-state index in [0.717, 1.165) is 6.54 Å². The quantitative estimate of drug-likeness (QED) is 0.697. The van der Waals surface area contributed by atoms with Gasteiger partial charge in [0, 0.05) is 12.6 Å². The molecular weight excluding hydrogens is 162 g/mol. The van der Waals surface area contributed by atoms with Crippen molar-refractivity contribution in [3.8, 4) is 6.07 Å². The van der Waals surface area contributed by atoms with Gasteiger partial charge in [0.15, 0.2) is 0 Å². The molecule has 0 saturated carbocycles. The molecule has 0 spiro atoms. The molecule has 13 heavy (non-hydrogen) atoms. The van der Waals surface area contributed by atoms with Crippen LogP contribution in [-0.2, 0) is 0 Å². The first kappa shape index (κ1) is 12.4. The third-order valence-electron chi connectivity index (χ3n) is 2.37. The predicted molar refractivity (Wildman–Crippen MR) is 55.2 cm³/mol. The lowest BCUT2D eigenvalue weighted by molar-refractivity contribution is 0.175. The van der Waals surface area contributed by atoms with E-state index in [9.17, 15) is 0 Å². The van der Waals surface area contributed by atoms with Gasteiger partial charge in [0.1, 0.15) is 0 Å². The number of nitrogens with zero attached hydrogens (tertiary/aromatic N) is 2. The van der Waals surface area contributed by atoms with Crippen LogP contribution >= 0.6 is 0 Å². The summed E-state index contributed by atoms with van der Waals surface area (Å²) < 4.78 is 0. The molecule has 3 heteroatoms. The molecule has 0 aromatic rings. The summed E-state index contributed by atoms with van der Waals surface area (Å²) in [6, 6.07) is 2.49. The second kappa shape index (κ2) is 5.21. The molecule has 0 saturated heterocycles. The van der Waals surface area contributed by atoms with Gasteiger partial charge < -0.3 is 10.6 Å². The Morgan fingerprint density at radius 3 is 2.46 bits per heavy atom. The van der Waals surface area contributed by atoms with Gasteiger partial charge in [0.25, 0.3) is 0 Å². The first-order chi connectivity index (χ1) is 5.93. The van der Waals surface area contributed by atoms with Crippen LogP contribution in [0.15, 0.2) is 0 Å². The first-order valence-electron chi connectivity index (χ1n) is 4.70. The summed E-state index contributed by atoms with van der Waals surface area (Å²) in [4.78, 5) is 2.19. The third-order valence-corrected chi connectivity index (χ3v) is 2.37. The molecule has 0 amide bonds.